The van der Waals surface area contributed by atoms with E-state index in [1.165, 1.54) is 173 Å². The number of nitrogens with zero attached hydrogens (tertiary/aromatic N) is 8. The van der Waals surface area contributed by atoms with Crippen LogP contribution in [0.4, 0.5) is 0 Å². The van der Waals surface area contributed by atoms with Crippen molar-refractivity contribution in [3.63, 3.8) is 0 Å². The lowest BCUT2D eigenvalue weighted by Gasteiger charge is -2.16. The monoisotopic (exact) mass is 1830 g/mol. The Hall–Kier alpha value is -19.3. The molecule has 31 aromatic rings. The number of hydrogen-bond donors (Lipinski definition) is 0. The first-order chi connectivity index (χ1) is 71.4. The lowest BCUT2D eigenvalue weighted by molar-refractivity contribution is 0.995. The standard InChI is InChI=1S/C70H42N4.C66H40N4/c1-2-16-47(17-3-1)73-66-28-14-12-26-58(66)62-38-43(32-36-68(62)73)44-33-37-69-63(39-44)59-27-13-15-29-67(59)74(69)70-71-64(45-30-34-56-52-22-6-4-18-48(52)50-20-8-10-24-54(50)60(56)40-45)42-65(72-70)46-31-35-57-53-23-7-5-19-49(53)51-21-9-11-25-55(51)61(57)41-46;1-3-16-43-36-47(30-28-41(43)14-1)58-40-59(48-31-29-42-15-2-4-17-44(42)37-48)68-66(67-58)70-61-26-12-10-22-53(61)57-39-46(33-35-63(57)70)45-32-34-62-56(38-45)52-21-9-11-25-60(52)69(62)64-27-13-24-55-51-19-6-5-18-49(51)50-20-7-8-23-54(50)65(55)64/h1-42H;1-40H. The van der Waals surface area contributed by atoms with Crippen molar-refractivity contribution in [2.24, 2.45) is 0 Å². The van der Waals surface area contributed by atoms with Crippen LogP contribution < -0.4 is 0 Å². The Bertz CT molecular complexity index is 10500. The fraction of sp³-hybridized carbons (Fsp3) is 0. The Kier molecular flexibility index (Phi) is 18.0. The summed E-state index contributed by atoms with van der Waals surface area (Å²) >= 11 is 0. The fourth-order valence-electron chi connectivity index (χ4n) is 23.8. The maximum absolute atomic E-state index is 5.59. The molecule has 0 aliphatic heterocycles. The van der Waals surface area contributed by atoms with E-state index in [1.54, 1.807) is 0 Å². The highest BCUT2D eigenvalue weighted by molar-refractivity contribution is 6.30. The smallest absolute Gasteiger partial charge is 0.235 e. The van der Waals surface area contributed by atoms with E-state index in [2.05, 4.69) is 516 Å². The largest absolute Gasteiger partial charge is 0.309 e. The van der Waals surface area contributed by atoms with Gasteiger partial charge in [-0.1, -0.05) is 370 Å². The minimum atomic E-state index is 0.624. The zero-order valence-corrected chi connectivity index (χ0v) is 77.9. The molecular weight excluding hydrogens is 1750 g/mol. The van der Waals surface area contributed by atoms with Crippen molar-refractivity contribution in [1.29, 1.82) is 0 Å². The lowest BCUT2D eigenvalue weighted by atomic mass is 9.92. The topological polar surface area (TPSA) is 71.3 Å². The number of rotatable bonds is 10. The van der Waals surface area contributed by atoms with E-state index in [1.807, 2.05) is 0 Å². The summed E-state index contributed by atoms with van der Waals surface area (Å²) in [6.07, 6.45) is 0. The molecule has 0 bridgehead atoms. The lowest BCUT2D eigenvalue weighted by Crippen LogP contribution is -2.04. The van der Waals surface area contributed by atoms with Crippen molar-refractivity contribution < 1.29 is 0 Å². The van der Waals surface area contributed by atoms with E-state index in [4.69, 9.17) is 19.9 Å². The van der Waals surface area contributed by atoms with Crippen LogP contribution in [-0.2, 0) is 0 Å². The quantitative estimate of drug-likeness (QED) is 0.128. The molecule has 0 amide bonds. The predicted octanol–water partition coefficient (Wildman–Crippen LogP) is 36.0. The molecule has 0 atom stereocenters. The fourth-order valence-corrected chi connectivity index (χ4v) is 23.8. The summed E-state index contributed by atoms with van der Waals surface area (Å²) in [5.41, 5.74) is 23.6. The molecule has 0 unspecified atom stereocenters. The van der Waals surface area contributed by atoms with E-state index in [-0.39, 0.29) is 0 Å². The van der Waals surface area contributed by atoms with Gasteiger partial charge >= 0.3 is 0 Å². The molecule has 8 nitrogen and oxygen atoms in total. The third-order valence-corrected chi connectivity index (χ3v) is 30.4. The van der Waals surface area contributed by atoms with E-state index < -0.39 is 0 Å². The van der Waals surface area contributed by atoms with Crippen molar-refractivity contribution in [3.05, 3.63) is 497 Å². The van der Waals surface area contributed by atoms with Gasteiger partial charge in [-0.3, -0.25) is 9.13 Å². The van der Waals surface area contributed by atoms with E-state index in [0.29, 0.717) is 11.9 Å². The number of para-hydroxylation sites is 5. The number of hydrogen-bond acceptors (Lipinski definition) is 4. The zero-order valence-electron chi connectivity index (χ0n) is 77.9. The minimum Gasteiger partial charge on any atom is -0.309 e. The van der Waals surface area contributed by atoms with Crippen LogP contribution in [0.3, 0.4) is 0 Å². The third kappa shape index (κ3) is 12.7. The van der Waals surface area contributed by atoms with Gasteiger partial charge in [0, 0.05) is 76.4 Å². The average Bonchev–Trinajstić information content (AvgIpc) is 1.53. The third-order valence-electron chi connectivity index (χ3n) is 30.4. The van der Waals surface area contributed by atoms with Gasteiger partial charge in [0.05, 0.1) is 72.6 Å². The molecule has 8 heteroatoms. The molecule has 0 aliphatic carbocycles. The van der Waals surface area contributed by atoms with Gasteiger partial charge in [0.15, 0.2) is 0 Å². The molecule has 0 fully saturated rings. The van der Waals surface area contributed by atoms with Crippen LogP contribution in [-0.4, -0.2) is 38.2 Å². The maximum atomic E-state index is 5.59. The Morgan fingerprint density at radius 3 is 0.729 bits per heavy atom. The molecule has 6 heterocycles. The SMILES string of the molecule is c1ccc(-n2c3ccccc3c3cc(-c4ccc5c(c4)c4ccccc4n5-c4nc(-c5ccc6c7ccccc7c7ccccc7c6c5)cc(-c5ccc6c7ccccc7c7ccccc7c6c5)n4)ccc32)cc1.c1ccc2cc(-c3cc(-c4ccc5ccccc5c4)nc(-n4c5ccccc5c5cc(-c6ccc7c(c6)c6ccccc6n7-c6cccc7c8ccccc8c8ccccc8c67)ccc54)n3)ccc2c1. The highest BCUT2D eigenvalue weighted by Crippen LogP contribution is 2.48. The normalized spacial score (nSPS) is 12.0. The summed E-state index contributed by atoms with van der Waals surface area (Å²) in [4.78, 5) is 22.0. The van der Waals surface area contributed by atoms with Gasteiger partial charge in [-0.2, -0.15) is 0 Å². The second kappa shape index (κ2) is 32.2. The highest BCUT2D eigenvalue weighted by atomic mass is 15.2. The summed E-state index contributed by atoms with van der Waals surface area (Å²) < 4.78 is 9.37. The first-order valence-electron chi connectivity index (χ1n) is 49.4. The van der Waals surface area contributed by atoms with Crippen molar-refractivity contribution in [2.45, 2.75) is 0 Å². The van der Waals surface area contributed by atoms with Gasteiger partial charge in [-0.05, 0) is 263 Å². The second-order valence-electron chi connectivity index (χ2n) is 38.2. The van der Waals surface area contributed by atoms with Crippen molar-refractivity contribution in [2.75, 3.05) is 0 Å². The molecule has 0 radical (unpaired) electrons. The van der Waals surface area contributed by atoms with Gasteiger partial charge < -0.3 is 9.13 Å². The van der Waals surface area contributed by atoms with Gasteiger partial charge in [0.25, 0.3) is 0 Å². The summed E-state index contributed by atoms with van der Waals surface area (Å²) in [6.45, 7) is 0. The Morgan fingerprint density at radius 1 is 0.125 bits per heavy atom. The molecule has 0 N–H and O–H groups in total. The van der Waals surface area contributed by atoms with E-state index >= 15 is 0 Å². The van der Waals surface area contributed by atoms with E-state index in [9.17, 15) is 0 Å². The Balaban J connectivity index is 0.000000134. The van der Waals surface area contributed by atoms with Crippen molar-refractivity contribution in [1.82, 2.24) is 38.2 Å². The number of benzene rings is 25. The van der Waals surface area contributed by atoms with E-state index in [0.717, 1.165) is 111 Å². The van der Waals surface area contributed by atoms with Crippen molar-refractivity contribution in [3.8, 4) is 90.6 Å². The molecule has 0 spiro atoms. The molecule has 144 heavy (non-hydrogen) atoms. The first-order valence-corrected chi connectivity index (χ1v) is 49.4. The van der Waals surface area contributed by atoms with Crippen LogP contribution in [0, 0.1) is 0 Å². The average molecular weight is 1830 g/mol. The predicted molar refractivity (Wildman–Crippen MR) is 607 cm³/mol. The van der Waals surface area contributed by atoms with Crippen LogP contribution in [0.2, 0.25) is 0 Å². The molecule has 31 rings (SSSR count). The Labute approximate surface area is 826 Å². The first kappa shape index (κ1) is 80.8. The van der Waals surface area contributed by atoms with Crippen LogP contribution >= 0.6 is 0 Å². The number of aromatic nitrogens is 8. The second-order valence-corrected chi connectivity index (χ2v) is 38.2. The van der Waals surface area contributed by atoms with Crippen LogP contribution in [0.25, 0.3) is 296 Å². The summed E-state index contributed by atoms with van der Waals surface area (Å²) in [7, 11) is 0. The summed E-state index contributed by atoms with van der Waals surface area (Å²) in [6, 6.07) is 181. The molecule has 0 aliphatic rings. The summed E-state index contributed by atoms with van der Waals surface area (Å²) in [5.74, 6) is 1.26. The van der Waals surface area contributed by atoms with Crippen LogP contribution in [0.15, 0.2) is 497 Å². The van der Waals surface area contributed by atoms with Crippen LogP contribution in [0.1, 0.15) is 0 Å². The van der Waals surface area contributed by atoms with Gasteiger partial charge in [0.1, 0.15) is 0 Å². The van der Waals surface area contributed by atoms with Crippen LogP contribution in [0.5, 0.6) is 0 Å². The maximum Gasteiger partial charge on any atom is 0.235 e. The van der Waals surface area contributed by atoms with Gasteiger partial charge in [-0.15, -0.1) is 0 Å². The molecule has 6 aromatic heterocycles. The Morgan fingerprint density at radius 2 is 0.361 bits per heavy atom. The van der Waals surface area contributed by atoms with Gasteiger partial charge in [-0.25, -0.2) is 19.9 Å². The zero-order chi connectivity index (χ0) is 94.3. The van der Waals surface area contributed by atoms with Crippen molar-refractivity contribution >= 4 is 206 Å². The molecule has 666 valence electrons. The minimum absolute atomic E-state index is 0.624. The molecular formula is C136H82N8. The highest BCUT2D eigenvalue weighted by Gasteiger charge is 2.26. The molecule has 25 aromatic carbocycles. The summed E-state index contributed by atoms with van der Waals surface area (Å²) in [5, 5.41) is 36.7. The van der Waals surface area contributed by atoms with Gasteiger partial charge in [0.2, 0.25) is 11.9 Å². The molecule has 0 saturated heterocycles. The number of fused-ring (bicyclic) bond motifs is 32. The molecule has 0 saturated carbocycles.